The highest BCUT2D eigenvalue weighted by molar-refractivity contribution is 9.10. The zero-order valence-corrected chi connectivity index (χ0v) is 13.9. The zero-order chi connectivity index (χ0) is 15.1. The summed E-state index contributed by atoms with van der Waals surface area (Å²) in [5.74, 6) is -0.629. The molecule has 20 heavy (non-hydrogen) atoms. The molecule has 1 heterocycles. The molecular weight excluding hydrogens is 347 g/mol. The second-order valence-corrected chi connectivity index (χ2v) is 8.63. The Hall–Kier alpha value is -0.660. The van der Waals surface area contributed by atoms with E-state index in [9.17, 15) is 12.8 Å². The molecule has 0 aliphatic carbocycles. The van der Waals surface area contributed by atoms with Crippen molar-refractivity contribution in [2.45, 2.75) is 31.6 Å². The van der Waals surface area contributed by atoms with Gasteiger partial charge in [-0.25, -0.2) is 12.8 Å². The van der Waals surface area contributed by atoms with Crippen molar-refractivity contribution < 1.29 is 12.8 Å². The van der Waals surface area contributed by atoms with Gasteiger partial charge in [-0.1, -0.05) is 13.8 Å². The van der Waals surface area contributed by atoms with Crippen molar-refractivity contribution in [2.75, 3.05) is 18.8 Å². The molecule has 0 amide bonds. The van der Waals surface area contributed by atoms with Crippen LogP contribution in [0.1, 0.15) is 26.7 Å². The third kappa shape index (κ3) is 2.99. The number of nitrogens with zero attached hydrogens (tertiary/aromatic N) is 1. The molecular formula is C13H18BrFN2O2S. The van der Waals surface area contributed by atoms with Crippen molar-refractivity contribution >= 4 is 31.6 Å². The van der Waals surface area contributed by atoms with Gasteiger partial charge in [0.25, 0.3) is 0 Å². The first-order valence-electron chi connectivity index (χ1n) is 6.38. The van der Waals surface area contributed by atoms with Crippen LogP contribution in [0, 0.1) is 11.2 Å². The van der Waals surface area contributed by atoms with Crippen molar-refractivity contribution in [2.24, 2.45) is 5.41 Å². The molecule has 0 saturated carbocycles. The number of halogens is 2. The van der Waals surface area contributed by atoms with Gasteiger partial charge in [-0.3, -0.25) is 0 Å². The van der Waals surface area contributed by atoms with Gasteiger partial charge in [0.2, 0.25) is 10.0 Å². The Morgan fingerprint density at radius 3 is 2.40 bits per heavy atom. The van der Waals surface area contributed by atoms with E-state index >= 15 is 0 Å². The quantitative estimate of drug-likeness (QED) is 0.820. The van der Waals surface area contributed by atoms with Gasteiger partial charge in [-0.2, -0.15) is 4.31 Å². The Morgan fingerprint density at radius 1 is 1.30 bits per heavy atom. The van der Waals surface area contributed by atoms with Gasteiger partial charge in [-0.05, 0) is 46.3 Å². The Bertz CT molecular complexity index is 622. The fraction of sp³-hybridized carbons (Fsp3) is 0.538. The summed E-state index contributed by atoms with van der Waals surface area (Å²) in [7, 11) is -3.64. The molecule has 0 unspecified atom stereocenters. The topological polar surface area (TPSA) is 63.4 Å². The molecule has 1 aliphatic rings. The van der Waals surface area contributed by atoms with E-state index in [0.717, 1.165) is 18.9 Å². The number of benzene rings is 1. The number of hydrogen-bond donors (Lipinski definition) is 1. The van der Waals surface area contributed by atoms with Gasteiger partial charge in [0, 0.05) is 17.6 Å². The summed E-state index contributed by atoms with van der Waals surface area (Å²) in [6.45, 7) is 5.20. The third-order valence-electron chi connectivity index (χ3n) is 3.74. The van der Waals surface area contributed by atoms with E-state index in [1.165, 1.54) is 10.4 Å². The van der Waals surface area contributed by atoms with Crippen molar-refractivity contribution in [1.82, 2.24) is 4.31 Å². The minimum atomic E-state index is -3.64. The van der Waals surface area contributed by atoms with E-state index in [2.05, 4.69) is 29.8 Å². The first-order chi connectivity index (χ1) is 9.13. The average molecular weight is 365 g/mol. The van der Waals surface area contributed by atoms with Crippen LogP contribution >= 0.6 is 15.9 Å². The molecule has 1 aliphatic heterocycles. The summed E-state index contributed by atoms with van der Waals surface area (Å²) in [6.07, 6.45) is 1.61. The van der Waals surface area contributed by atoms with Gasteiger partial charge >= 0.3 is 0 Å². The van der Waals surface area contributed by atoms with Crippen LogP contribution in [-0.2, 0) is 10.0 Å². The van der Waals surface area contributed by atoms with Crippen molar-refractivity contribution in [1.29, 1.82) is 0 Å². The van der Waals surface area contributed by atoms with E-state index in [-0.39, 0.29) is 20.5 Å². The number of anilines is 1. The molecule has 7 heteroatoms. The molecule has 1 aromatic carbocycles. The molecule has 2 N–H and O–H groups in total. The van der Waals surface area contributed by atoms with E-state index in [4.69, 9.17) is 5.73 Å². The number of hydrogen-bond acceptors (Lipinski definition) is 3. The highest BCUT2D eigenvalue weighted by Crippen LogP contribution is 2.35. The lowest BCUT2D eigenvalue weighted by Gasteiger charge is -2.36. The van der Waals surface area contributed by atoms with Crippen LogP contribution in [0.2, 0.25) is 0 Å². The molecule has 1 saturated heterocycles. The Labute approximate surface area is 127 Å². The summed E-state index contributed by atoms with van der Waals surface area (Å²) in [6, 6.07) is 2.27. The standard InChI is InChI=1S/C13H18BrFN2O2S/c1-13(2)3-5-17(6-4-13)20(18,19)12-8-11(16)10(15)7-9(12)14/h7-8H,3-6,16H2,1-2H3. The molecule has 0 bridgehead atoms. The van der Waals surface area contributed by atoms with Gasteiger partial charge in [0.05, 0.1) is 10.6 Å². The Morgan fingerprint density at radius 2 is 1.85 bits per heavy atom. The maximum absolute atomic E-state index is 13.3. The third-order valence-corrected chi connectivity index (χ3v) is 6.60. The molecule has 2 rings (SSSR count). The molecule has 4 nitrogen and oxygen atoms in total. The fourth-order valence-electron chi connectivity index (χ4n) is 2.21. The van der Waals surface area contributed by atoms with Crippen LogP contribution in [0.4, 0.5) is 10.1 Å². The number of sulfonamides is 1. The molecule has 112 valence electrons. The van der Waals surface area contributed by atoms with Crippen molar-refractivity contribution in [3.05, 3.63) is 22.4 Å². The largest absolute Gasteiger partial charge is 0.396 e. The molecule has 1 fully saturated rings. The number of nitrogens with two attached hydrogens (primary N) is 1. The van der Waals surface area contributed by atoms with E-state index < -0.39 is 15.8 Å². The molecule has 1 aromatic rings. The highest BCUT2D eigenvalue weighted by atomic mass is 79.9. The predicted octanol–water partition coefficient (Wildman–Crippen LogP) is 2.98. The van der Waals surface area contributed by atoms with Crippen molar-refractivity contribution in [3.63, 3.8) is 0 Å². The van der Waals surface area contributed by atoms with Gasteiger partial charge in [0.15, 0.2) is 0 Å². The summed E-state index contributed by atoms with van der Waals surface area (Å²) in [5, 5.41) is 0. The van der Waals surface area contributed by atoms with Crippen LogP contribution in [0.15, 0.2) is 21.5 Å². The molecule has 0 radical (unpaired) electrons. The Kier molecular flexibility index (Phi) is 4.15. The van der Waals surface area contributed by atoms with Crippen LogP contribution in [0.5, 0.6) is 0 Å². The maximum Gasteiger partial charge on any atom is 0.244 e. The minimum absolute atomic E-state index is 0.0242. The van der Waals surface area contributed by atoms with Crippen LogP contribution < -0.4 is 5.73 Å². The zero-order valence-electron chi connectivity index (χ0n) is 11.5. The van der Waals surface area contributed by atoms with Gasteiger partial charge in [0.1, 0.15) is 5.82 Å². The first kappa shape index (κ1) is 15.7. The normalized spacial score (nSPS) is 20.0. The van der Waals surface area contributed by atoms with Gasteiger partial charge < -0.3 is 5.73 Å². The molecule has 0 aromatic heterocycles. The van der Waals surface area contributed by atoms with E-state index in [0.29, 0.717) is 13.1 Å². The van der Waals surface area contributed by atoms with Crippen LogP contribution in [0.25, 0.3) is 0 Å². The summed E-state index contributed by atoms with van der Waals surface area (Å²) in [5.41, 5.74) is 5.47. The lowest BCUT2D eigenvalue weighted by molar-refractivity contribution is 0.196. The van der Waals surface area contributed by atoms with E-state index in [1.807, 2.05) is 0 Å². The Balaban J connectivity index is 2.34. The summed E-state index contributed by atoms with van der Waals surface area (Å²) >= 11 is 3.10. The SMILES string of the molecule is CC1(C)CCN(S(=O)(=O)c2cc(N)c(F)cc2Br)CC1. The summed E-state index contributed by atoms with van der Waals surface area (Å²) < 4.78 is 40.2. The first-order valence-corrected chi connectivity index (χ1v) is 8.61. The number of nitrogen functional groups attached to an aromatic ring is 1. The van der Waals surface area contributed by atoms with Crippen LogP contribution in [0.3, 0.4) is 0 Å². The lowest BCUT2D eigenvalue weighted by Crippen LogP contribution is -2.41. The number of rotatable bonds is 2. The van der Waals surface area contributed by atoms with E-state index in [1.54, 1.807) is 0 Å². The number of piperidine rings is 1. The fourth-order valence-corrected chi connectivity index (χ4v) is 4.67. The summed E-state index contributed by atoms with van der Waals surface area (Å²) in [4.78, 5) is 0.0242. The smallest absolute Gasteiger partial charge is 0.244 e. The predicted molar refractivity (Wildman–Crippen MR) is 80.3 cm³/mol. The highest BCUT2D eigenvalue weighted by Gasteiger charge is 2.34. The molecule has 0 atom stereocenters. The molecule has 0 spiro atoms. The maximum atomic E-state index is 13.3. The monoisotopic (exact) mass is 364 g/mol. The van der Waals surface area contributed by atoms with Crippen LogP contribution in [-0.4, -0.2) is 25.8 Å². The van der Waals surface area contributed by atoms with Gasteiger partial charge in [-0.15, -0.1) is 0 Å². The van der Waals surface area contributed by atoms with Crippen molar-refractivity contribution in [3.8, 4) is 0 Å². The second kappa shape index (κ2) is 5.27. The lowest BCUT2D eigenvalue weighted by atomic mass is 9.83. The second-order valence-electron chi connectivity index (χ2n) is 5.87. The minimum Gasteiger partial charge on any atom is -0.396 e. The average Bonchev–Trinajstić information content (AvgIpc) is 2.33.